The standard InChI is InChI=1S/C33H42N6O5/c1-20(40)36-28(17-22-19-35-26-15-11-9-13-24(22)26)39(7)29(41)27(16-21-18-34-25-14-10-8-12-23(21)25)37-30(42)33(5,6)38-31(43)44-32(2,3)4/h8-15,18-19,27-28,34-35H,16-17H2,1-7H3,(H,36,40)(H,37,42)(H,38,43)/t27-,28-/m1/s1. The molecule has 2 atom stereocenters. The van der Waals surface area contributed by atoms with Crippen LogP contribution in [-0.4, -0.2) is 69.1 Å². The molecule has 4 rings (SSSR count). The Morgan fingerprint density at radius 1 is 0.818 bits per heavy atom. The smallest absolute Gasteiger partial charge is 0.408 e. The van der Waals surface area contributed by atoms with Gasteiger partial charge < -0.3 is 35.6 Å². The van der Waals surface area contributed by atoms with Gasteiger partial charge in [-0.15, -0.1) is 0 Å². The molecule has 11 heteroatoms. The molecule has 0 unspecified atom stereocenters. The minimum absolute atomic E-state index is 0.168. The van der Waals surface area contributed by atoms with Crippen molar-refractivity contribution in [2.45, 2.75) is 77.7 Å². The van der Waals surface area contributed by atoms with Crippen LogP contribution in [0.1, 0.15) is 52.7 Å². The lowest BCUT2D eigenvalue weighted by Crippen LogP contribution is -2.61. The van der Waals surface area contributed by atoms with Gasteiger partial charge in [-0.1, -0.05) is 36.4 Å². The van der Waals surface area contributed by atoms with Gasteiger partial charge in [0.05, 0.1) is 0 Å². The number of benzene rings is 2. The molecule has 234 valence electrons. The highest BCUT2D eigenvalue weighted by Gasteiger charge is 2.36. The Labute approximate surface area is 257 Å². The van der Waals surface area contributed by atoms with E-state index >= 15 is 0 Å². The SMILES string of the molecule is CC(=O)N[C@@H](Cc1c[nH]c2ccccc12)N(C)C(=O)[C@@H](Cc1c[nH]c2ccccc12)NC(=O)C(C)(C)NC(=O)OC(C)(C)C. The topological polar surface area (TPSA) is 148 Å². The zero-order valence-electron chi connectivity index (χ0n) is 26.3. The van der Waals surface area contributed by atoms with Crippen molar-refractivity contribution < 1.29 is 23.9 Å². The maximum atomic E-state index is 14.2. The molecule has 0 spiro atoms. The van der Waals surface area contributed by atoms with Gasteiger partial charge in [-0.25, -0.2) is 4.79 Å². The van der Waals surface area contributed by atoms with E-state index in [9.17, 15) is 19.2 Å². The summed E-state index contributed by atoms with van der Waals surface area (Å²) in [5.74, 6) is -1.27. The van der Waals surface area contributed by atoms with Crippen molar-refractivity contribution in [2.24, 2.45) is 0 Å². The fourth-order valence-corrected chi connectivity index (χ4v) is 5.10. The summed E-state index contributed by atoms with van der Waals surface area (Å²) < 4.78 is 5.34. The highest BCUT2D eigenvalue weighted by atomic mass is 16.6. The van der Waals surface area contributed by atoms with Gasteiger partial charge in [0, 0.05) is 61.0 Å². The summed E-state index contributed by atoms with van der Waals surface area (Å²) in [5.41, 5.74) is 1.45. The summed E-state index contributed by atoms with van der Waals surface area (Å²) in [7, 11) is 1.61. The largest absolute Gasteiger partial charge is 0.444 e. The summed E-state index contributed by atoms with van der Waals surface area (Å²) >= 11 is 0. The first-order chi connectivity index (χ1) is 20.6. The second kappa shape index (κ2) is 12.8. The van der Waals surface area contributed by atoms with Crippen LogP contribution >= 0.6 is 0 Å². The Hall–Kier alpha value is -4.80. The Morgan fingerprint density at radius 3 is 1.86 bits per heavy atom. The first kappa shape index (κ1) is 32.1. The maximum Gasteiger partial charge on any atom is 0.408 e. The number of aromatic amines is 2. The van der Waals surface area contributed by atoms with Crippen molar-refractivity contribution in [1.82, 2.24) is 30.8 Å². The number of carbonyl (C=O) groups is 4. The molecule has 11 nitrogen and oxygen atoms in total. The molecule has 0 aliphatic carbocycles. The number of H-pyrrole nitrogens is 2. The predicted molar refractivity (Wildman–Crippen MR) is 170 cm³/mol. The maximum absolute atomic E-state index is 14.2. The van der Waals surface area contributed by atoms with Crippen molar-refractivity contribution in [2.75, 3.05) is 7.05 Å². The molecule has 2 heterocycles. The predicted octanol–water partition coefficient (Wildman–Crippen LogP) is 4.14. The number of rotatable bonds is 10. The first-order valence-corrected chi connectivity index (χ1v) is 14.6. The number of aromatic nitrogens is 2. The van der Waals surface area contributed by atoms with Crippen LogP contribution < -0.4 is 16.0 Å². The molecule has 4 amide bonds. The van der Waals surface area contributed by atoms with Gasteiger partial charge in [0.1, 0.15) is 23.3 Å². The van der Waals surface area contributed by atoms with Gasteiger partial charge in [-0.2, -0.15) is 0 Å². The van der Waals surface area contributed by atoms with E-state index in [4.69, 9.17) is 4.74 Å². The average Bonchev–Trinajstić information content (AvgIpc) is 3.54. The molecule has 2 aromatic carbocycles. The van der Waals surface area contributed by atoms with Crippen LogP contribution in [0.4, 0.5) is 4.79 Å². The number of amides is 4. The van der Waals surface area contributed by atoms with Crippen molar-refractivity contribution in [3.8, 4) is 0 Å². The number of hydrogen-bond acceptors (Lipinski definition) is 5. The van der Waals surface area contributed by atoms with E-state index in [2.05, 4.69) is 25.9 Å². The fourth-order valence-electron chi connectivity index (χ4n) is 5.10. The van der Waals surface area contributed by atoms with E-state index in [0.29, 0.717) is 6.42 Å². The lowest BCUT2D eigenvalue weighted by molar-refractivity contribution is -0.139. The third kappa shape index (κ3) is 7.77. The zero-order valence-corrected chi connectivity index (χ0v) is 26.3. The van der Waals surface area contributed by atoms with E-state index in [1.54, 1.807) is 41.7 Å². The van der Waals surface area contributed by atoms with Crippen molar-refractivity contribution >= 4 is 45.6 Å². The quantitative estimate of drug-likeness (QED) is 0.173. The minimum Gasteiger partial charge on any atom is -0.444 e. The molecule has 4 aromatic rings. The highest BCUT2D eigenvalue weighted by molar-refractivity contribution is 5.94. The summed E-state index contributed by atoms with van der Waals surface area (Å²) in [6.07, 6.45) is 2.74. The average molecular weight is 603 g/mol. The van der Waals surface area contributed by atoms with Gasteiger partial charge in [0.2, 0.25) is 17.7 Å². The Bertz CT molecular complexity index is 1660. The monoisotopic (exact) mass is 602 g/mol. The molecule has 0 saturated carbocycles. The Morgan fingerprint density at radius 2 is 1.34 bits per heavy atom. The third-order valence-electron chi connectivity index (χ3n) is 7.36. The number of nitrogens with one attached hydrogen (secondary N) is 5. The molecule has 2 aromatic heterocycles. The van der Waals surface area contributed by atoms with Gasteiger partial charge in [-0.05, 0) is 57.9 Å². The summed E-state index contributed by atoms with van der Waals surface area (Å²) in [6.45, 7) is 9.67. The molecule has 0 fully saturated rings. The van der Waals surface area contributed by atoms with Gasteiger partial charge in [-0.3, -0.25) is 14.4 Å². The van der Waals surface area contributed by atoms with Crippen LogP contribution in [0.3, 0.4) is 0 Å². The number of fused-ring (bicyclic) bond motifs is 2. The molecule has 0 bridgehead atoms. The molecule has 0 radical (unpaired) electrons. The number of ether oxygens (including phenoxy) is 1. The molecule has 0 saturated heterocycles. The highest BCUT2D eigenvalue weighted by Crippen LogP contribution is 2.22. The lowest BCUT2D eigenvalue weighted by atomic mass is 10.00. The van der Waals surface area contributed by atoms with E-state index in [-0.39, 0.29) is 12.3 Å². The normalized spacial score (nSPS) is 13.2. The van der Waals surface area contributed by atoms with E-state index in [1.165, 1.54) is 11.8 Å². The van der Waals surface area contributed by atoms with Gasteiger partial charge >= 0.3 is 6.09 Å². The van der Waals surface area contributed by atoms with Crippen LogP contribution in [0.5, 0.6) is 0 Å². The molecule has 5 N–H and O–H groups in total. The number of alkyl carbamates (subject to hydrolysis) is 1. The molecule has 0 aliphatic heterocycles. The lowest BCUT2D eigenvalue weighted by Gasteiger charge is -2.34. The van der Waals surface area contributed by atoms with Gasteiger partial charge in [0.15, 0.2) is 0 Å². The number of hydrogen-bond donors (Lipinski definition) is 5. The molecule has 44 heavy (non-hydrogen) atoms. The Balaban J connectivity index is 1.62. The minimum atomic E-state index is -1.40. The third-order valence-corrected chi connectivity index (χ3v) is 7.36. The van der Waals surface area contributed by atoms with Crippen LogP contribution in [0.25, 0.3) is 21.8 Å². The van der Waals surface area contributed by atoms with Crippen LogP contribution in [0.2, 0.25) is 0 Å². The van der Waals surface area contributed by atoms with Gasteiger partial charge in [0.25, 0.3) is 0 Å². The zero-order chi connectivity index (χ0) is 32.2. The second-order valence-electron chi connectivity index (χ2n) is 12.6. The molecular weight excluding hydrogens is 560 g/mol. The van der Waals surface area contributed by atoms with E-state index in [0.717, 1.165) is 32.9 Å². The van der Waals surface area contributed by atoms with E-state index in [1.807, 2.05) is 60.9 Å². The van der Waals surface area contributed by atoms with Crippen LogP contribution in [-0.2, 0) is 32.0 Å². The van der Waals surface area contributed by atoms with E-state index < -0.39 is 41.3 Å². The summed E-state index contributed by atoms with van der Waals surface area (Å²) in [6, 6.07) is 14.5. The molecular formula is C33H42N6O5. The number of para-hydroxylation sites is 2. The van der Waals surface area contributed by atoms with Crippen molar-refractivity contribution in [3.05, 3.63) is 72.1 Å². The number of carbonyl (C=O) groups excluding carboxylic acids is 4. The molecule has 0 aliphatic rings. The Kier molecular flexibility index (Phi) is 9.36. The first-order valence-electron chi connectivity index (χ1n) is 14.6. The van der Waals surface area contributed by atoms with Crippen molar-refractivity contribution in [1.29, 1.82) is 0 Å². The van der Waals surface area contributed by atoms with Crippen molar-refractivity contribution in [3.63, 3.8) is 0 Å². The number of nitrogens with zero attached hydrogens (tertiary/aromatic N) is 1. The van der Waals surface area contributed by atoms with Crippen LogP contribution in [0.15, 0.2) is 60.9 Å². The van der Waals surface area contributed by atoms with Crippen LogP contribution in [0, 0.1) is 0 Å². The number of likely N-dealkylation sites (N-methyl/N-ethyl adjacent to an activating group) is 1. The summed E-state index contributed by atoms with van der Waals surface area (Å²) in [5, 5.41) is 10.3. The second-order valence-corrected chi connectivity index (χ2v) is 12.6. The summed E-state index contributed by atoms with van der Waals surface area (Å²) in [4.78, 5) is 60.5. The fraction of sp³-hybridized carbons (Fsp3) is 0.394.